The molecule has 0 aliphatic rings. The van der Waals surface area contributed by atoms with Crippen molar-refractivity contribution in [2.24, 2.45) is 0 Å². The van der Waals surface area contributed by atoms with Crippen molar-refractivity contribution in [1.29, 1.82) is 0 Å². The van der Waals surface area contributed by atoms with Crippen LogP contribution in [0.2, 0.25) is 0 Å². The number of carbonyl (C=O) groups is 1. The number of Topliss-reactive ketones (excluding diaryl/α,β-unsaturated/α-hetero) is 1. The Morgan fingerprint density at radius 1 is 1.13 bits per heavy atom. The Kier molecular flexibility index (Phi) is 8.26. The minimum Gasteiger partial charge on any atom is -0.494 e. The number of ether oxygens (including phenoxy) is 2. The smallest absolute Gasteiger partial charge is 0.262 e. The number of rotatable bonds is 11. The molecule has 0 aliphatic carbocycles. The molecular formula is C24H28N2O4S. The number of nitrogens with zero attached hydrogens (tertiary/aromatic N) is 2. The van der Waals surface area contributed by atoms with E-state index in [1.807, 2.05) is 39.0 Å². The van der Waals surface area contributed by atoms with Crippen LogP contribution in [-0.4, -0.2) is 40.4 Å². The van der Waals surface area contributed by atoms with Gasteiger partial charge in [0.05, 0.1) is 29.4 Å². The molecule has 6 nitrogen and oxygen atoms in total. The lowest BCUT2D eigenvalue weighted by atomic mass is 10.1. The SMILES string of the molecule is CCOc1ccc(C(=O)CSc2nc3ccccc3c(=O)n2CCCOC(C)C)cc1. The Morgan fingerprint density at radius 2 is 1.87 bits per heavy atom. The van der Waals surface area contributed by atoms with Gasteiger partial charge in [-0.25, -0.2) is 4.98 Å². The molecule has 0 aliphatic heterocycles. The second-order valence-corrected chi connectivity index (χ2v) is 8.25. The van der Waals surface area contributed by atoms with Gasteiger partial charge in [-0.1, -0.05) is 23.9 Å². The summed E-state index contributed by atoms with van der Waals surface area (Å²) in [6, 6.07) is 14.4. The number of benzene rings is 2. The summed E-state index contributed by atoms with van der Waals surface area (Å²) >= 11 is 1.29. The molecule has 0 spiro atoms. The van der Waals surface area contributed by atoms with Crippen LogP contribution in [0.5, 0.6) is 5.75 Å². The van der Waals surface area contributed by atoms with Crippen LogP contribution < -0.4 is 10.3 Å². The van der Waals surface area contributed by atoms with Gasteiger partial charge in [-0.15, -0.1) is 0 Å². The van der Waals surface area contributed by atoms with E-state index in [1.54, 1.807) is 34.9 Å². The maximum absolute atomic E-state index is 13.1. The van der Waals surface area contributed by atoms with E-state index < -0.39 is 0 Å². The number of aromatic nitrogens is 2. The van der Waals surface area contributed by atoms with Gasteiger partial charge in [0.2, 0.25) is 0 Å². The third-order valence-electron chi connectivity index (χ3n) is 4.62. The van der Waals surface area contributed by atoms with Gasteiger partial charge in [-0.05, 0) is 63.6 Å². The summed E-state index contributed by atoms with van der Waals surface area (Å²) in [6.07, 6.45) is 0.838. The van der Waals surface area contributed by atoms with Gasteiger partial charge in [0, 0.05) is 18.7 Å². The van der Waals surface area contributed by atoms with E-state index in [0.29, 0.717) is 47.8 Å². The third-order valence-corrected chi connectivity index (χ3v) is 5.60. The molecule has 0 amide bonds. The molecule has 0 fully saturated rings. The predicted octanol–water partition coefficient (Wildman–Crippen LogP) is 4.59. The van der Waals surface area contributed by atoms with Crippen molar-refractivity contribution in [3.8, 4) is 5.75 Å². The molecule has 0 atom stereocenters. The average molecular weight is 441 g/mol. The average Bonchev–Trinajstić information content (AvgIpc) is 2.77. The molecule has 0 saturated carbocycles. The number of hydrogen-bond acceptors (Lipinski definition) is 6. The largest absolute Gasteiger partial charge is 0.494 e. The van der Waals surface area contributed by atoms with Crippen molar-refractivity contribution in [1.82, 2.24) is 9.55 Å². The number of para-hydroxylation sites is 1. The summed E-state index contributed by atoms with van der Waals surface area (Å²) in [7, 11) is 0. The second-order valence-electron chi connectivity index (χ2n) is 7.31. The van der Waals surface area contributed by atoms with Crippen molar-refractivity contribution in [3.05, 3.63) is 64.4 Å². The first-order valence-corrected chi connectivity index (χ1v) is 11.5. The van der Waals surface area contributed by atoms with Crippen molar-refractivity contribution in [3.63, 3.8) is 0 Å². The molecule has 1 aromatic heterocycles. The van der Waals surface area contributed by atoms with Crippen LogP contribution in [0.25, 0.3) is 10.9 Å². The maximum atomic E-state index is 13.1. The van der Waals surface area contributed by atoms with Gasteiger partial charge in [0.1, 0.15) is 5.75 Å². The molecule has 164 valence electrons. The summed E-state index contributed by atoms with van der Waals surface area (Å²) < 4.78 is 12.7. The van der Waals surface area contributed by atoms with Crippen molar-refractivity contribution in [2.75, 3.05) is 19.0 Å². The first kappa shape index (κ1) is 23.0. The molecule has 7 heteroatoms. The first-order valence-electron chi connectivity index (χ1n) is 10.5. The first-order chi connectivity index (χ1) is 15.0. The standard InChI is InChI=1S/C24H28N2O4S/c1-4-29-19-12-10-18(11-13-19)22(27)16-31-24-25-21-9-6-5-8-20(21)23(28)26(24)14-7-15-30-17(2)3/h5-6,8-13,17H,4,7,14-16H2,1-3H3. The van der Waals surface area contributed by atoms with E-state index in [4.69, 9.17) is 9.47 Å². The van der Waals surface area contributed by atoms with Crippen LogP contribution in [0.15, 0.2) is 58.5 Å². The Hall–Kier alpha value is -2.64. The molecule has 0 unspecified atom stereocenters. The van der Waals surface area contributed by atoms with Gasteiger partial charge in [0.15, 0.2) is 10.9 Å². The van der Waals surface area contributed by atoms with E-state index >= 15 is 0 Å². The number of carbonyl (C=O) groups excluding carboxylic acids is 1. The highest BCUT2D eigenvalue weighted by atomic mass is 32.2. The Balaban J connectivity index is 1.78. The zero-order valence-electron chi connectivity index (χ0n) is 18.2. The highest BCUT2D eigenvalue weighted by Gasteiger charge is 2.14. The third kappa shape index (κ3) is 6.18. The van der Waals surface area contributed by atoms with Crippen LogP contribution in [0.3, 0.4) is 0 Å². The highest BCUT2D eigenvalue weighted by Crippen LogP contribution is 2.20. The highest BCUT2D eigenvalue weighted by molar-refractivity contribution is 7.99. The molecule has 2 aromatic carbocycles. The van der Waals surface area contributed by atoms with Crippen LogP contribution in [0.1, 0.15) is 37.6 Å². The number of fused-ring (bicyclic) bond motifs is 1. The van der Waals surface area contributed by atoms with Gasteiger partial charge >= 0.3 is 0 Å². The fourth-order valence-corrected chi connectivity index (χ4v) is 4.03. The van der Waals surface area contributed by atoms with E-state index in [2.05, 4.69) is 4.98 Å². The summed E-state index contributed by atoms with van der Waals surface area (Å²) in [6.45, 7) is 7.52. The zero-order valence-corrected chi connectivity index (χ0v) is 19.0. The molecule has 0 bridgehead atoms. The molecule has 3 rings (SSSR count). The quantitative estimate of drug-likeness (QED) is 0.188. The summed E-state index contributed by atoms with van der Waals surface area (Å²) in [4.78, 5) is 30.4. The van der Waals surface area contributed by atoms with Crippen LogP contribution in [0.4, 0.5) is 0 Å². The molecular weight excluding hydrogens is 412 g/mol. The van der Waals surface area contributed by atoms with Crippen molar-refractivity contribution in [2.45, 2.75) is 45.0 Å². The van der Waals surface area contributed by atoms with E-state index in [-0.39, 0.29) is 23.2 Å². The lowest BCUT2D eigenvalue weighted by Gasteiger charge is -2.14. The van der Waals surface area contributed by atoms with Gasteiger partial charge < -0.3 is 9.47 Å². The van der Waals surface area contributed by atoms with Crippen LogP contribution in [-0.2, 0) is 11.3 Å². The van der Waals surface area contributed by atoms with Crippen LogP contribution in [0, 0.1) is 0 Å². The molecule has 0 N–H and O–H groups in total. The summed E-state index contributed by atoms with van der Waals surface area (Å²) in [5.41, 5.74) is 1.15. The minimum absolute atomic E-state index is 0.0230. The monoisotopic (exact) mass is 440 g/mol. The number of ketones is 1. The molecule has 0 radical (unpaired) electrons. The van der Waals surface area contributed by atoms with Gasteiger partial charge in [-0.2, -0.15) is 0 Å². The second kappa shape index (κ2) is 11.1. The lowest BCUT2D eigenvalue weighted by Crippen LogP contribution is -2.24. The van der Waals surface area contributed by atoms with Gasteiger partial charge in [0.25, 0.3) is 5.56 Å². The van der Waals surface area contributed by atoms with E-state index in [0.717, 1.165) is 5.75 Å². The Morgan fingerprint density at radius 3 is 2.58 bits per heavy atom. The van der Waals surface area contributed by atoms with E-state index in [9.17, 15) is 9.59 Å². The van der Waals surface area contributed by atoms with Crippen molar-refractivity contribution >= 4 is 28.4 Å². The normalized spacial score (nSPS) is 11.2. The fraction of sp³-hybridized carbons (Fsp3) is 0.375. The predicted molar refractivity (Wildman–Crippen MR) is 124 cm³/mol. The fourth-order valence-electron chi connectivity index (χ4n) is 3.11. The summed E-state index contributed by atoms with van der Waals surface area (Å²) in [5, 5.41) is 1.13. The van der Waals surface area contributed by atoms with Gasteiger partial charge in [-0.3, -0.25) is 14.2 Å². The molecule has 31 heavy (non-hydrogen) atoms. The topological polar surface area (TPSA) is 70.4 Å². The Labute approximate surface area is 186 Å². The molecule has 1 heterocycles. The van der Waals surface area contributed by atoms with Crippen molar-refractivity contribution < 1.29 is 14.3 Å². The number of thioether (sulfide) groups is 1. The Bertz CT molecular complexity index is 1080. The van der Waals surface area contributed by atoms with Crippen LogP contribution >= 0.6 is 11.8 Å². The van der Waals surface area contributed by atoms with E-state index in [1.165, 1.54) is 11.8 Å². The maximum Gasteiger partial charge on any atom is 0.262 e. The lowest BCUT2D eigenvalue weighted by molar-refractivity contribution is 0.0743. The molecule has 3 aromatic rings. The zero-order chi connectivity index (χ0) is 22.2. The molecule has 0 saturated heterocycles. The number of hydrogen-bond donors (Lipinski definition) is 0. The minimum atomic E-state index is -0.0915. The summed E-state index contributed by atoms with van der Waals surface area (Å²) in [5.74, 6) is 0.909.